The van der Waals surface area contributed by atoms with E-state index < -0.39 is 24.1 Å². The van der Waals surface area contributed by atoms with E-state index in [2.05, 4.69) is 20.6 Å². The number of aryl methyl sites for hydroxylation is 2. The van der Waals surface area contributed by atoms with Gasteiger partial charge in [0.2, 0.25) is 0 Å². The van der Waals surface area contributed by atoms with Crippen LogP contribution in [0.4, 0.5) is 0 Å². The quantitative estimate of drug-likeness (QED) is 0.283. The van der Waals surface area contributed by atoms with Gasteiger partial charge in [0.25, 0.3) is 0 Å². The second-order valence-electron chi connectivity index (χ2n) is 6.70. The Labute approximate surface area is 175 Å². The average Bonchev–Trinajstić information content (AvgIpc) is 2.78. The Morgan fingerprint density at radius 3 is 1.43 bits per heavy atom. The van der Waals surface area contributed by atoms with Crippen molar-refractivity contribution in [2.75, 3.05) is 13.1 Å². The summed E-state index contributed by atoms with van der Waals surface area (Å²) >= 11 is 0. The van der Waals surface area contributed by atoms with Crippen LogP contribution in [0.1, 0.15) is 24.0 Å². The first kappa shape index (κ1) is 23.5. The predicted molar refractivity (Wildman–Crippen MR) is 110 cm³/mol. The van der Waals surface area contributed by atoms with Crippen molar-refractivity contribution in [1.29, 1.82) is 0 Å². The van der Waals surface area contributed by atoms with E-state index in [4.69, 9.17) is 0 Å². The maximum Gasteiger partial charge on any atom is 0.356 e. The molecule has 2 atom stereocenters. The lowest BCUT2D eigenvalue weighted by Gasteiger charge is -2.15. The first-order chi connectivity index (χ1) is 14.6. The number of carbonyl (C=O) groups excluding carboxylic acids is 2. The van der Waals surface area contributed by atoms with Gasteiger partial charge in [0.1, 0.15) is 0 Å². The van der Waals surface area contributed by atoms with Gasteiger partial charge in [-0.25, -0.2) is 9.59 Å². The van der Waals surface area contributed by atoms with E-state index in [9.17, 15) is 19.8 Å². The van der Waals surface area contributed by atoms with Crippen molar-refractivity contribution in [1.82, 2.24) is 11.0 Å². The lowest BCUT2D eigenvalue weighted by Crippen LogP contribution is -2.44. The summed E-state index contributed by atoms with van der Waals surface area (Å²) in [4.78, 5) is 32.8. The summed E-state index contributed by atoms with van der Waals surface area (Å²) in [6.45, 7) is 0.716. The smallest absolute Gasteiger partial charge is 0.356 e. The van der Waals surface area contributed by atoms with E-state index in [1.165, 1.54) is 0 Å². The molecule has 4 N–H and O–H groups in total. The van der Waals surface area contributed by atoms with Crippen molar-refractivity contribution >= 4 is 11.9 Å². The number of carbonyl (C=O) groups is 2. The van der Waals surface area contributed by atoms with E-state index in [0.29, 0.717) is 25.9 Å². The molecule has 2 aromatic rings. The van der Waals surface area contributed by atoms with E-state index in [1.54, 1.807) is 0 Å². The van der Waals surface area contributed by atoms with Crippen LogP contribution in [-0.4, -0.2) is 47.4 Å². The van der Waals surface area contributed by atoms with Crippen molar-refractivity contribution in [3.05, 3.63) is 71.8 Å². The minimum absolute atomic E-state index is 0.358. The molecule has 0 heterocycles. The zero-order valence-corrected chi connectivity index (χ0v) is 16.7. The number of hydrogen-bond acceptors (Lipinski definition) is 8. The molecule has 0 aliphatic carbocycles. The zero-order valence-electron chi connectivity index (χ0n) is 16.7. The molecule has 2 unspecified atom stereocenters. The molecule has 0 saturated carbocycles. The standard InChI is InChI=1S/C22H28N2O6/c25-19(21(27)29-23-15-7-13-17-9-3-1-4-10-17)20(26)22(28)30-24-16-8-14-18-11-5-2-6-12-18/h1-6,9-12,19-20,23-26H,7-8,13-16H2. The highest BCUT2D eigenvalue weighted by Crippen LogP contribution is 2.03. The largest absolute Gasteiger partial charge is 0.379 e. The Balaban J connectivity index is 1.55. The van der Waals surface area contributed by atoms with Crippen molar-refractivity contribution in [2.45, 2.75) is 37.9 Å². The van der Waals surface area contributed by atoms with Crippen molar-refractivity contribution in [3.8, 4) is 0 Å². The highest BCUT2D eigenvalue weighted by molar-refractivity contribution is 5.84. The molecule has 2 aromatic carbocycles. The third-order valence-electron chi connectivity index (χ3n) is 4.30. The van der Waals surface area contributed by atoms with Gasteiger partial charge in [0.15, 0.2) is 12.2 Å². The van der Waals surface area contributed by atoms with E-state index in [-0.39, 0.29) is 0 Å². The Kier molecular flexibility index (Phi) is 10.5. The molecule has 30 heavy (non-hydrogen) atoms. The summed E-state index contributed by atoms with van der Waals surface area (Å²) in [5.41, 5.74) is 7.14. The number of hydroxylamine groups is 2. The van der Waals surface area contributed by atoms with Crippen LogP contribution in [0.5, 0.6) is 0 Å². The van der Waals surface area contributed by atoms with Gasteiger partial charge < -0.3 is 19.9 Å². The third kappa shape index (κ3) is 8.71. The summed E-state index contributed by atoms with van der Waals surface area (Å²) < 4.78 is 0. The van der Waals surface area contributed by atoms with Gasteiger partial charge in [-0.3, -0.25) is 0 Å². The number of benzene rings is 2. The molecule has 0 amide bonds. The molecule has 0 saturated heterocycles. The molecule has 2 rings (SSSR count). The summed E-state index contributed by atoms with van der Waals surface area (Å²) in [6.07, 6.45) is -1.12. The minimum Gasteiger partial charge on any atom is -0.379 e. The number of hydrogen-bond donors (Lipinski definition) is 4. The summed E-state index contributed by atoms with van der Waals surface area (Å²) in [7, 11) is 0. The molecule has 0 spiro atoms. The zero-order chi connectivity index (χ0) is 21.6. The number of nitrogens with one attached hydrogen (secondary N) is 2. The molecule has 0 aromatic heterocycles. The summed E-state index contributed by atoms with van der Waals surface area (Å²) in [5.74, 6) is -2.33. The molecule has 162 valence electrons. The molecule has 8 heteroatoms. The summed E-state index contributed by atoms with van der Waals surface area (Å²) in [6, 6.07) is 19.6. The lowest BCUT2D eigenvalue weighted by atomic mass is 10.1. The fraction of sp³-hybridized carbons (Fsp3) is 0.364. The molecule has 8 nitrogen and oxygen atoms in total. The maximum atomic E-state index is 11.7. The van der Waals surface area contributed by atoms with Gasteiger partial charge in [-0.2, -0.15) is 11.0 Å². The van der Waals surface area contributed by atoms with Gasteiger partial charge in [-0.15, -0.1) is 0 Å². The van der Waals surface area contributed by atoms with Crippen LogP contribution in [0, 0.1) is 0 Å². The lowest BCUT2D eigenvalue weighted by molar-refractivity contribution is -0.181. The van der Waals surface area contributed by atoms with Gasteiger partial charge in [-0.05, 0) is 36.8 Å². The molecule has 0 fully saturated rings. The average molecular weight is 416 g/mol. The van der Waals surface area contributed by atoms with Crippen LogP contribution in [0.2, 0.25) is 0 Å². The van der Waals surface area contributed by atoms with Crippen LogP contribution < -0.4 is 11.0 Å². The maximum absolute atomic E-state index is 11.7. The number of aliphatic hydroxyl groups is 2. The van der Waals surface area contributed by atoms with Crippen LogP contribution >= 0.6 is 0 Å². The monoisotopic (exact) mass is 416 g/mol. The van der Waals surface area contributed by atoms with Gasteiger partial charge in [0, 0.05) is 13.1 Å². The van der Waals surface area contributed by atoms with E-state index >= 15 is 0 Å². The highest BCUT2D eigenvalue weighted by Gasteiger charge is 2.33. The molecule has 0 radical (unpaired) electrons. The molecule has 0 bridgehead atoms. The Hall–Kier alpha value is -2.78. The van der Waals surface area contributed by atoms with Crippen LogP contribution in [-0.2, 0) is 32.1 Å². The van der Waals surface area contributed by atoms with Crippen LogP contribution in [0.15, 0.2) is 60.7 Å². The number of rotatable bonds is 13. The third-order valence-corrected chi connectivity index (χ3v) is 4.30. The Bertz CT molecular complexity index is 691. The van der Waals surface area contributed by atoms with Crippen LogP contribution in [0.3, 0.4) is 0 Å². The van der Waals surface area contributed by atoms with E-state index in [1.807, 2.05) is 60.7 Å². The second-order valence-corrected chi connectivity index (χ2v) is 6.70. The highest BCUT2D eigenvalue weighted by atomic mass is 16.7. The normalized spacial score (nSPS) is 12.7. The van der Waals surface area contributed by atoms with Gasteiger partial charge in [0.05, 0.1) is 0 Å². The first-order valence-corrected chi connectivity index (χ1v) is 9.89. The molecular formula is C22H28N2O6. The first-order valence-electron chi connectivity index (χ1n) is 9.89. The van der Waals surface area contributed by atoms with Gasteiger partial charge >= 0.3 is 11.9 Å². The number of aliphatic hydroxyl groups excluding tert-OH is 2. The van der Waals surface area contributed by atoms with Crippen molar-refractivity contribution in [2.24, 2.45) is 0 Å². The fourth-order valence-electron chi connectivity index (χ4n) is 2.64. The van der Waals surface area contributed by atoms with Crippen LogP contribution in [0.25, 0.3) is 0 Å². The SMILES string of the molecule is O=C(ONCCCc1ccccc1)C(O)C(O)C(=O)ONCCCc1ccccc1. The Morgan fingerprint density at radius 2 is 1.07 bits per heavy atom. The molecule has 0 aliphatic heterocycles. The second kappa shape index (κ2) is 13.4. The van der Waals surface area contributed by atoms with E-state index in [0.717, 1.165) is 24.0 Å². The molecular weight excluding hydrogens is 388 g/mol. The predicted octanol–water partition coefficient (Wildman–Crippen LogP) is 1.07. The topological polar surface area (TPSA) is 117 Å². The fourth-order valence-corrected chi connectivity index (χ4v) is 2.64. The van der Waals surface area contributed by atoms with Crippen molar-refractivity contribution in [3.63, 3.8) is 0 Å². The molecule has 0 aliphatic rings. The minimum atomic E-state index is -2.05. The Morgan fingerprint density at radius 1 is 0.700 bits per heavy atom. The summed E-state index contributed by atoms with van der Waals surface area (Å²) in [5, 5.41) is 19.5. The van der Waals surface area contributed by atoms with Crippen molar-refractivity contribution < 1.29 is 29.5 Å². The van der Waals surface area contributed by atoms with Gasteiger partial charge in [-0.1, -0.05) is 60.7 Å².